The van der Waals surface area contributed by atoms with Crippen molar-refractivity contribution in [1.29, 1.82) is 0 Å². The fourth-order valence-corrected chi connectivity index (χ4v) is 1.61. The van der Waals surface area contributed by atoms with Crippen LogP contribution in [0.2, 0.25) is 0 Å². The predicted octanol–water partition coefficient (Wildman–Crippen LogP) is 1.47. The number of aromatic nitrogens is 2. The molecular formula is C11H10N4O4. The zero-order valence-corrected chi connectivity index (χ0v) is 9.98. The molecule has 0 bridgehead atoms. The fraction of sp³-hybridized carbons (Fsp3) is 0.182. The Morgan fingerprint density at radius 3 is 2.95 bits per heavy atom. The van der Waals surface area contributed by atoms with Crippen LogP contribution in [0.15, 0.2) is 34.7 Å². The monoisotopic (exact) mass is 262 g/mol. The van der Waals surface area contributed by atoms with Gasteiger partial charge in [-0.25, -0.2) is 9.78 Å². The molecule has 0 unspecified atom stereocenters. The van der Waals surface area contributed by atoms with Gasteiger partial charge in [0.25, 0.3) is 0 Å². The van der Waals surface area contributed by atoms with Gasteiger partial charge in [0.2, 0.25) is 11.5 Å². The van der Waals surface area contributed by atoms with E-state index in [-0.39, 0.29) is 18.1 Å². The number of fused-ring (bicyclic) bond motifs is 1. The Labute approximate surface area is 107 Å². The van der Waals surface area contributed by atoms with Crippen LogP contribution in [-0.4, -0.2) is 32.9 Å². The maximum absolute atomic E-state index is 11.6. The molecule has 0 radical (unpaired) electrons. The fourth-order valence-electron chi connectivity index (χ4n) is 1.61. The van der Waals surface area contributed by atoms with Crippen LogP contribution < -0.4 is 0 Å². The van der Waals surface area contributed by atoms with E-state index in [1.165, 1.54) is 4.40 Å². The molecule has 0 aliphatic heterocycles. The highest BCUT2D eigenvalue weighted by atomic mass is 16.5. The number of hydrogen-bond acceptors (Lipinski definition) is 7. The van der Waals surface area contributed by atoms with E-state index in [0.29, 0.717) is 5.65 Å². The molecule has 2 aromatic rings. The second-order valence-electron chi connectivity index (χ2n) is 3.47. The summed E-state index contributed by atoms with van der Waals surface area (Å²) in [6, 6.07) is 5.01. The third-order valence-electron chi connectivity index (χ3n) is 2.38. The minimum atomic E-state index is -0.877. The molecule has 0 fully saturated rings. The van der Waals surface area contributed by atoms with Gasteiger partial charge in [-0.05, 0) is 24.2 Å². The number of hydrogen-bond donors (Lipinski definition) is 1. The summed E-state index contributed by atoms with van der Waals surface area (Å²) in [6.45, 7) is 1.71. The molecule has 0 saturated heterocycles. The number of pyridine rings is 1. The van der Waals surface area contributed by atoms with Crippen molar-refractivity contribution in [3.05, 3.63) is 35.0 Å². The van der Waals surface area contributed by atoms with Crippen molar-refractivity contribution >= 4 is 23.1 Å². The normalized spacial score (nSPS) is 11.5. The summed E-state index contributed by atoms with van der Waals surface area (Å²) in [7, 11) is 0. The lowest BCUT2D eigenvalue weighted by Crippen LogP contribution is -2.19. The molecule has 0 aliphatic carbocycles. The number of carbonyl (C=O) groups is 1. The lowest BCUT2D eigenvalue weighted by atomic mass is 10.3. The highest BCUT2D eigenvalue weighted by molar-refractivity contribution is 6.43. The molecule has 19 heavy (non-hydrogen) atoms. The molecule has 0 amide bonds. The first-order valence-corrected chi connectivity index (χ1v) is 5.43. The molecule has 8 nitrogen and oxygen atoms in total. The van der Waals surface area contributed by atoms with Crippen LogP contribution in [0.25, 0.3) is 5.65 Å². The van der Waals surface area contributed by atoms with E-state index in [4.69, 9.17) is 9.94 Å². The Hall–Kier alpha value is -2.77. The number of imidazole rings is 1. The van der Waals surface area contributed by atoms with Crippen LogP contribution in [-0.2, 0) is 9.53 Å². The van der Waals surface area contributed by atoms with Crippen LogP contribution in [0.4, 0.5) is 5.82 Å². The number of esters is 1. The van der Waals surface area contributed by atoms with Crippen LogP contribution in [0.1, 0.15) is 12.6 Å². The highest BCUT2D eigenvalue weighted by Gasteiger charge is 2.25. The molecule has 0 spiro atoms. The summed E-state index contributed by atoms with van der Waals surface area (Å²) in [5.41, 5.74) is -0.181. The van der Waals surface area contributed by atoms with Gasteiger partial charge in [-0.3, -0.25) is 4.40 Å². The molecule has 0 aliphatic rings. The van der Waals surface area contributed by atoms with E-state index in [1.807, 2.05) is 0 Å². The summed E-state index contributed by atoms with van der Waals surface area (Å²) < 4.78 is 6.10. The number of nitroso groups, excluding NO2 is 1. The number of carbonyl (C=O) groups excluding carboxylic acids is 1. The van der Waals surface area contributed by atoms with E-state index < -0.39 is 11.7 Å². The summed E-state index contributed by atoms with van der Waals surface area (Å²) in [4.78, 5) is 26.6. The minimum Gasteiger partial charge on any atom is -0.461 e. The van der Waals surface area contributed by atoms with Crippen LogP contribution >= 0.6 is 0 Å². The van der Waals surface area contributed by atoms with Crippen LogP contribution in [0, 0.1) is 4.91 Å². The molecule has 2 aromatic heterocycles. The summed E-state index contributed by atoms with van der Waals surface area (Å²) in [5, 5.41) is 14.6. The Morgan fingerprint density at radius 1 is 1.53 bits per heavy atom. The van der Waals surface area contributed by atoms with Crippen molar-refractivity contribution in [2.24, 2.45) is 10.3 Å². The summed E-state index contributed by atoms with van der Waals surface area (Å²) >= 11 is 0. The van der Waals surface area contributed by atoms with Gasteiger partial charge in [0.1, 0.15) is 11.3 Å². The van der Waals surface area contributed by atoms with Crippen molar-refractivity contribution in [3.8, 4) is 0 Å². The first kappa shape index (κ1) is 12.7. The maximum atomic E-state index is 11.6. The van der Waals surface area contributed by atoms with Gasteiger partial charge in [-0.15, -0.1) is 4.91 Å². The average Bonchev–Trinajstić information content (AvgIpc) is 2.78. The van der Waals surface area contributed by atoms with E-state index >= 15 is 0 Å². The molecule has 0 atom stereocenters. The standard InChI is InChI=1S/C11H10N4O4/c1-2-19-11(16)9(13-17)8-10(14-18)15-6-4-3-5-7(15)12-8/h3-6,17H,2H2,1H3/b13-9-. The number of oxime groups is 1. The zero-order valence-electron chi connectivity index (χ0n) is 9.98. The quantitative estimate of drug-likeness (QED) is 0.295. The SMILES string of the molecule is CCOC(=O)/C(=N\O)c1nc2ccccn2c1N=O. The van der Waals surface area contributed by atoms with Crippen molar-refractivity contribution in [2.45, 2.75) is 6.92 Å². The zero-order chi connectivity index (χ0) is 13.8. The van der Waals surface area contributed by atoms with Gasteiger partial charge in [-0.1, -0.05) is 11.2 Å². The van der Waals surface area contributed by atoms with Gasteiger partial charge in [0.05, 0.1) is 6.61 Å². The first-order valence-electron chi connectivity index (χ1n) is 5.43. The van der Waals surface area contributed by atoms with Gasteiger partial charge in [0.15, 0.2) is 0 Å². The van der Waals surface area contributed by atoms with Crippen molar-refractivity contribution in [2.75, 3.05) is 6.61 Å². The molecule has 2 rings (SSSR count). The molecule has 1 N–H and O–H groups in total. The second-order valence-corrected chi connectivity index (χ2v) is 3.47. The number of nitrogens with zero attached hydrogens (tertiary/aromatic N) is 4. The van der Waals surface area contributed by atoms with Gasteiger partial charge >= 0.3 is 5.97 Å². The molecule has 2 heterocycles. The van der Waals surface area contributed by atoms with Crippen molar-refractivity contribution in [1.82, 2.24) is 9.38 Å². The Bertz CT molecular complexity index is 662. The lowest BCUT2D eigenvalue weighted by Gasteiger charge is -2.01. The van der Waals surface area contributed by atoms with E-state index in [1.54, 1.807) is 31.3 Å². The summed E-state index contributed by atoms with van der Waals surface area (Å²) in [6.07, 6.45) is 1.56. The first-order chi connectivity index (χ1) is 9.22. The predicted molar refractivity (Wildman–Crippen MR) is 65.6 cm³/mol. The summed E-state index contributed by atoms with van der Waals surface area (Å²) in [5.74, 6) is -1.00. The average molecular weight is 262 g/mol. The number of ether oxygens (including phenoxy) is 1. The lowest BCUT2D eigenvalue weighted by molar-refractivity contribution is -0.135. The van der Waals surface area contributed by atoms with Crippen molar-refractivity contribution in [3.63, 3.8) is 0 Å². The Kier molecular flexibility index (Phi) is 3.51. The van der Waals surface area contributed by atoms with Crippen LogP contribution in [0.3, 0.4) is 0 Å². The van der Waals surface area contributed by atoms with Crippen molar-refractivity contribution < 1.29 is 14.7 Å². The second kappa shape index (κ2) is 5.25. The molecule has 0 aromatic carbocycles. The van der Waals surface area contributed by atoms with Gasteiger partial charge in [0, 0.05) is 6.20 Å². The Morgan fingerprint density at radius 2 is 2.32 bits per heavy atom. The highest BCUT2D eigenvalue weighted by Crippen LogP contribution is 2.22. The molecule has 0 saturated carbocycles. The third-order valence-corrected chi connectivity index (χ3v) is 2.38. The molecule has 98 valence electrons. The van der Waals surface area contributed by atoms with E-state index in [9.17, 15) is 9.70 Å². The number of rotatable bonds is 4. The topological polar surface area (TPSA) is 106 Å². The largest absolute Gasteiger partial charge is 0.461 e. The smallest absolute Gasteiger partial charge is 0.362 e. The van der Waals surface area contributed by atoms with Gasteiger partial charge < -0.3 is 9.94 Å². The van der Waals surface area contributed by atoms with E-state index in [0.717, 1.165) is 0 Å². The Balaban J connectivity index is 2.61. The van der Waals surface area contributed by atoms with Crippen LogP contribution in [0.5, 0.6) is 0 Å². The van der Waals surface area contributed by atoms with Gasteiger partial charge in [-0.2, -0.15) is 0 Å². The van der Waals surface area contributed by atoms with E-state index in [2.05, 4.69) is 15.3 Å². The molecular weight excluding hydrogens is 252 g/mol. The third kappa shape index (κ3) is 2.15. The maximum Gasteiger partial charge on any atom is 0.362 e. The minimum absolute atomic E-state index is 0.106. The molecule has 8 heteroatoms.